The molecule has 21 heavy (non-hydrogen) atoms. The molecule has 0 saturated carbocycles. The lowest BCUT2D eigenvalue weighted by molar-refractivity contribution is 0.574. The molecule has 1 saturated heterocycles. The van der Waals surface area contributed by atoms with Crippen LogP contribution in [0, 0.1) is 18.3 Å². The molecule has 3 rings (SSSR count). The molecule has 0 unspecified atom stereocenters. The third-order valence-electron chi connectivity index (χ3n) is 4.15. The van der Waals surface area contributed by atoms with Crippen LogP contribution in [0.25, 0.3) is 11.3 Å². The highest BCUT2D eigenvalue weighted by atomic mass is 79.9. The Bertz CT molecular complexity index is 673. The van der Waals surface area contributed by atoms with E-state index in [0.29, 0.717) is 0 Å². The number of anilines is 1. The molecule has 1 aromatic carbocycles. The van der Waals surface area contributed by atoms with E-state index in [-0.39, 0.29) is 0 Å². The summed E-state index contributed by atoms with van der Waals surface area (Å²) in [4.78, 5) is 5.81. The summed E-state index contributed by atoms with van der Waals surface area (Å²) in [5.41, 5.74) is 4.00. The van der Waals surface area contributed by atoms with Crippen molar-refractivity contribution in [1.29, 1.82) is 5.26 Å². The van der Waals surface area contributed by atoms with Crippen LogP contribution in [-0.2, 0) is 0 Å². The number of nitrogens with one attached hydrogen (secondary N) is 1. The van der Waals surface area contributed by atoms with Gasteiger partial charge in [-0.1, -0.05) is 28.1 Å². The van der Waals surface area contributed by atoms with Gasteiger partial charge < -0.3 is 9.88 Å². The summed E-state index contributed by atoms with van der Waals surface area (Å²) in [5.74, 6) is 0.993. The van der Waals surface area contributed by atoms with Crippen molar-refractivity contribution in [3.05, 3.63) is 39.9 Å². The zero-order valence-electron chi connectivity index (χ0n) is 12.1. The minimum absolute atomic E-state index is 0.787. The lowest BCUT2D eigenvalue weighted by Gasteiger charge is -2.27. The second-order valence-electron chi connectivity index (χ2n) is 5.52. The first-order valence-corrected chi connectivity index (χ1v) is 8.13. The fraction of sp³-hybridized carbons (Fsp3) is 0.353. The van der Waals surface area contributed by atoms with Crippen LogP contribution < -0.4 is 4.90 Å². The van der Waals surface area contributed by atoms with Crippen LogP contribution in [0.3, 0.4) is 0 Å². The summed E-state index contributed by atoms with van der Waals surface area (Å²) in [7, 11) is 0. The molecule has 1 aromatic heterocycles. The van der Waals surface area contributed by atoms with Crippen LogP contribution in [0.15, 0.2) is 28.7 Å². The van der Waals surface area contributed by atoms with E-state index in [1.807, 2.05) is 19.1 Å². The van der Waals surface area contributed by atoms with Gasteiger partial charge in [0.25, 0.3) is 0 Å². The third kappa shape index (κ3) is 2.71. The number of nitriles is 1. The van der Waals surface area contributed by atoms with Gasteiger partial charge in [-0.3, -0.25) is 0 Å². The molecule has 2 heterocycles. The molecule has 4 heteroatoms. The van der Waals surface area contributed by atoms with Gasteiger partial charge in [-0.05, 0) is 49.4 Å². The molecule has 0 aliphatic carbocycles. The van der Waals surface area contributed by atoms with Crippen LogP contribution in [0.2, 0.25) is 0 Å². The van der Waals surface area contributed by atoms with E-state index in [0.717, 1.165) is 45.8 Å². The third-order valence-corrected chi connectivity index (χ3v) is 4.68. The zero-order chi connectivity index (χ0) is 14.8. The van der Waals surface area contributed by atoms with E-state index in [4.69, 9.17) is 0 Å². The van der Waals surface area contributed by atoms with Crippen molar-refractivity contribution in [3.8, 4) is 17.3 Å². The van der Waals surface area contributed by atoms with Gasteiger partial charge in [0.05, 0.1) is 11.3 Å². The highest BCUT2D eigenvalue weighted by Crippen LogP contribution is 2.33. The molecule has 0 spiro atoms. The van der Waals surface area contributed by atoms with Gasteiger partial charge in [-0.15, -0.1) is 0 Å². The van der Waals surface area contributed by atoms with Crippen molar-refractivity contribution >= 4 is 21.7 Å². The Morgan fingerprint density at radius 1 is 1.14 bits per heavy atom. The second-order valence-corrected chi connectivity index (χ2v) is 6.43. The highest BCUT2D eigenvalue weighted by molar-refractivity contribution is 9.10. The summed E-state index contributed by atoms with van der Waals surface area (Å²) < 4.78 is 1.06. The average molecular weight is 344 g/mol. The largest absolute Gasteiger partial charge is 0.357 e. The number of halogens is 1. The molecule has 1 fully saturated rings. The zero-order valence-corrected chi connectivity index (χ0v) is 13.7. The molecule has 0 bridgehead atoms. The van der Waals surface area contributed by atoms with E-state index in [1.165, 1.54) is 19.3 Å². The first-order chi connectivity index (χ1) is 10.2. The van der Waals surface area contributed by atoms with Crippen molar-refractivity contribution in [2.75, 3.05) is 18.0 Å². The molecule has 1 N–H and O–H groups in total. The normalized spacial score (nSPS) is 15.0. The molecule has 1 aliphatic rings. The van der Waals surface area contributed by atoms with Gasteiger partial charge in [0.15, 0.2) is 0 Å². The topological polar surface area (TPSA) is 42.8 Å². The molecule has 108 valence electrons. The van der Waals surface area contributed by atoms with Gasteiger partial charge in [0.1, 0.15) is 11.9 Å². The minimum Gasteiger partial charge on any atom is -0.357 e. The average Bonchev–Trinajstić information content (AvgIpc) is 2.86. The van der Waals surface area contributed by atoms with Crippen molar-refractivity contribution in [3.63, 3.8) is 0 Å². The monoisotopic (exact) mass is 343 g/mol. The Kier molecular flexibility index (Phi) is 4.03. The van der Waals surface area contributed by atoms with Gasteiger partial charge in [-0.25, -0.2) is 0 Å². The van der Waals surface area contributed by atoms with Crippen LogP contribution in [0.1, 0.15) is 30.4 Å². The van der Waals surface area contributed by atoms with E-state index >= 15 is 0 Å². The van der Waals surface area contributed by atoms with Crippen molar-refractivity contribution in [1.82, 2.24) is 4.98 Å². The molecule has 2 aromatic rings. The molecular formula is C17H18BrN3. The van der Waals surface area contributed by atoms with Gasteiger partial charge in [-0.2, -0.15) is 5.26 Å². The highest BCUT2D eigenvalue weighted by Gasteiger charge is 2.21. The van der Waals surface area contributed by atoms with E-state index in [2.05, 4.69) is 44.0 Å². The van der Waals surface area contributed by atoms with Crippen LogP contribution in [0.5, 0.6) is 0 Å². The predicted octanol–water partition coefficient (Wildman–Crippen LogP) is 4.61. The summed E-state index contributed by atoms with van der Waals surface area (Å²) in [6.07, 6.45) is 3.70. The summed E-state index contributed by atoms with van der Waals surface area (Å²) in [5, 5.41) is 9.53. The predicted molar refractivity (Wildman–Crippen MR) is 89.4 cm³/mol. The van der Waals surface area contributed by atoms with E-state index in [9.17, 15) is 5.26 Å². The number of rotatable bonds is 2. The number of aromatic amines is 1. The maximum Gasteiger partial charge on any atom is 0.124 e. The summed E-state index contributed by atoms with van der Waals surface area (Å²) >= 11 is 3.46. The SMILES string of the molecule is Cc1c(-c2ccc(Br)cc2)[nH]c(N2CCCCC2)c1C#N. The molecule has 0 amide bonds. The molecular weight excluding hydrogens is 326 g/mol. The number of benzene rings is 1. The first kappa shape index (κ1) is 14.2. The van der Waals surface area contributed by atoms with E-state index in [1.54, 1.807) is 0 Å². The quantitative estimate of drug-likeness (QED) is 0.864. The van der Waals surface area contributed by atoms with Gasteiger partial charge in [0, 0.05) is 17.6 Å². The second kappa shape index (κ2) is 5.95. The smallest absolute Gasteiger partial charge is 0.124 e. The Morgan fingerprint density at radius 3 is 2.43 bits per heavy atom. The Balaban J connectivity index is 2.04. The lowest BCUT2D eigenvalue weighted by Crippen LogP contribution is -2.30. The maximum atomic E-state index is 9.53. The van der Waals surface area contributed by atoms with E-state index < -0.39 is 0 Å². The first-order valence-electron chi connectivity index (χ1n) is 7.34. The molecule has 3 nitrogen and oxygen atoms in total. The van der Waals surface area contributed by atoms with Crippen LogP contribution in [-0.4, -0.2) is 18.1 Å². The Hall–Kier alpha value is -1.73. The molecule has 0 atom stereocenters. The van der Waals surface area contributed by atoms with Gasteiger partial charge >= 0.3 is 0 Å². The number of hydrogen-bond acceptors (Lipinski definition) is 2. The fourth-order valence-corrected chi connectivity index (χ4v) is 3.24. The number of piperidine rings is 1. The summed E-state index contributed by atoms with van der Waals surface area (Å²) in [6.45, 7) is 4.10. The van der Waals surface area contributed by atoms with Crippen LogP contribution >= 0.6 is 15.9 Å². The number of aromatic nitrogens is 1. The molecule has 0 radical (unpaired) electrons. The Morgan fingerprint density at radius 2 is 1.81 bits per heavy atom. The van der Waals surface area contributed by atoms with Crippen molar-refractivity contribution < 1.29 is 0 Å². The number of nitrogens with zero attached hydrogens (tertiary/aromatic N) is 2. The number of hydrogen-bond donors (Lipinski definition) is 1. The minimum atomic E-state index is 0.787. The fourth-order valence-electron chi connectivity index (χ4n) is 2.97. The standard InChI is InChI=1S/C17H18BrN3/c1-12-15(11-19)17(21-9-3-2-4-10-21)20-16(12)13-5-7-14(18)8-6-13/h5-8,20H,2-4,9-10H2,1H3. The van der Waals surface area contributed by atoms with Crippen LogP contribution in [0.4, 0.5) is 5.82 Å². The van der Waals surface area contributed by atoms with Crippen molar-refractivity contribution in [2.24, 2.45) is 0 Å². The molecule has 1 aliphatic heterocycles. The number of H-pyrrole nitrogens is 1. The Labute approximate surface area is 133 Å². The van der Waals surface area contributed by atoms with Crippen molar-refractivity contribution in [2.45, 2.75) is 26.2 Å². The lowest BCUT2D eigenvalue weighted by atomic mass is 10.1. The maximum absolute atomic E-state index is 9.53. The summed E-state index contributed by atoms with van der Waals surface area (Å²) in [6, 6.07) is 10.6. The van der Waals surface area contributed by atoms with Gasteiger partial charge in [0.2, 0.25) is 0 Å².